The first-order valence-corrected chi connectivity index (χ1v) is 9.15. The molecule has 0 amide bonds. The van der Waals surface area contributed by atoms with E-state index in [1.54, 1.807) is 20.8 Å². The molecular formula is C16H21N5O3S. The van der Waals surface area contributed by atoms with E-state index in [0.29, 0.717) is 33.6 Å². The van der Waals surface area contributed by atoms with Crippen molar-refractivity contribution in [2.75, 3.05) is 18.2 Å². The maximum absolute atomic E-state index is 12.7. The van der Waals surface area contributed by atoms with Crippen LogP contribution < -0.4 is 5.84 Å². The minimum atomic E-state index is -0.490. The Morgan fingerprint density at radius 3 is 2.60 bits per heavy atom. The Morgan fingerprint density at radius 2 is 1.96 bits per heavy atom. The van der Waals surface area contributed by atoms with Crippen LogP contribution in [0, 0.1) is 13.8 Å². The number of esters is 1. The molecule has 25 heavy (non-hydrogen) atoms. The molecule has 9 heteroatoms. The number of hydrogen-bond donors (Lipinski definition) is 2. The summed E-state index contributed by atoms with van der Waals surface area (Å²) in [5, 5.41) is 8.65. The van der Waals surface area contributed by atoms with E-state index < -0.39 is 5.97 Å². The highest BCUT2D eigenvalue weighted by molar-refractivity contribution is 7.99. The van der Waals surface area contributed by atoms with Gasteiger partial charge in [-0.05, 0) is 33.6 Å². The molecule has 0 atom stereocenters. The van der Waals surface area contributed by atoms with Crippen molar-refractivity contribution < 1.29 is 14.3 Å². The minimum Gasteiger partial charge on any atom is -0.462 e. The van der Waals surface area contributed by atoms with Gasteiger partial charge in [0.25, 0.3) is 0 Å². The van der Waals surface area contributed by atoms with Crippen LogP contribution in [0.15, 0.2) is 5.16 Å². The summed E-state index contributed by atoms with van der Waals surface area (Å²) in [5.74, 6) is 6.59. The Labute approximate surface area is 149 Å². The lowest BCUT2D eigenvalue weighted by Crippen LogP contribution is -2.15. The molecule has 2 aromatic heterocycles. The van der Waals surface area contributed by atoms with Crippen LogP contribution >= 0.6 is 11.8 Å². The molecule has 0 radical (unpaired) electrons. The van der Waals surface area contributed by atoms with Gasteiger partial charge in [0.05, 0.1) is 23.5 Å². The summed E-state index contributed by atoms with van der Waals surface area (Å²) in [7, 11) is 0. The number of carbonyl (C=O) groups excluding carboxylic acids is 2. The Bertz CT molecular complexity index is 822. The largest absolute Gasteiger partial charge is 0.462 e. The van der Waals surface area contributed by atoms with Gasteiger partial charge in [0.15, 0.2) is 11.6 Å². The topological polar surface area (TPSA) is 116 Å². The highest BCUT2D eigenvalue weighted by Gasteiger charge is 2.30. The van der Waals surface area contributed by atoms with Gasteiger partial charge in [0.1, 0.15) is 0 Å². The molecule has 0 spiro atoms. The fourth-order valence-corrected chi connectivity index (χ4v) is 3.53. The SMILES string of the molecule is CCOC(=O)c1c(C)[nH]c(C)c1C(=O)CSc1nnc(C2CC2)n1N. The van der Waals surface area contributed by atoms with Gasteiger partial charge in [-0.2, -0.15) is 0 Å². The third-order valence-electron chi connectivity index (χ3n) is 4.10. The van der Waals surface area contributed by atoms with Gasteiger partial charge in [-0.25, -0.2) is 9.47 Å². The molecule has 0 aliphatic heterocycles. The number of ether oxygens (including phenoxy) is 1. The molecule has 0 saturated heterocycles. The van der Waals surface area contributed by atoms with Gasteiger partial charge in [0.2, 0.25) is 5.16 Å². The molecule has 8 nitrogen and oxygen atoms in total. The molecule has 1 fully saturated rings. The fourth-order valence-electron chi connectivity index (χ4n) is 2.80. The Morgan fingerprint density at radius 1 is 1.28 bits per heavy atom. The molecule has 0 aromatic carbocycles. The molecule has 2 aromatic rings. The van der Waals surface area contributed by atoms with Crippen LogP contribution in [0.25, 0.3) is 0 Å². The number of nitrogens with one attached hydrogen (secondary N) is 1. The van der Waals surface area contributed by atoms with Crippen molar-refractivity contribution in [2.45, 2.75) is 44.7 Å². The van der Waals surface area contributed by atoms with E-state index >= 15 is 0 Å². The predicted molar refractivity (Wildman–Crippen MR) is 93.4 cm³/mol. The number of carbonyl (C=O) groups is 2. The fraction of sp³-hybridized carbons (Fsp3) is 0.500. The van der Waals surface area contributed by atoms with Crippen molar-refractivity contribution in [3.8, 4) is 0 Å². The lowest BCUT2D eigenvalue weighted by molar-refractivity contribution is 0.0522. The van der Waals surface area contributed by atoms with E-state index in [2.05, 4.69) is 15.2 Å². The summed E-state index contributed by atoms with van der Waals surface area (Å²) in [5.41, 5.74) is 1.95. The number of hydrogen-bond acceptors (Lipinski definition) is 7. The van der Waals surface area contributed by atoms with Crippen LogP contribution in [-0.4, -0.2) is 44.0 Å². The number of nitrogen functional groups attached to an aromatic ring is 1. The zero-order valence-corrected chi connectivity index (χ0v) is 15.3. The minimum absolute atomic E-state index is 0.116. The van der Waals surface area contributed by atoms with Crippen LogP contribution in [0.3, 0.4) is 0 Å². The smallest absolute Gasteiger partial charge is 0.340 e. The predicted octanol–water partition coefficient (Wildman–Crippen LogP) is 1.97. The zero-order chi connectivity index (χ0) is 18.1. The lowest BCUT2D eigenvalue weighted by Gasteiger charge is -2.06. The molecule has 0 bridgehead atoms. The molecule has 0 unspecified atom stereocenters. The number of rotatable bonds is 7. The van der Waals surface area contributed by atoms with E-state index in [1.165, 1.54) is 16.4 Å². The Kier molecular flexibility index (Phi) is 4.85. The summed E-state index contributed by atoms with van der Waals surface area (Å²) < 4.78 is 6.52. The van der Waals surface area contributed by atoms with Crippen molar-refractivity contribution in [3.63, 3.8) is 0 Å². The van der Waals surface area contributed by atoms with E-state index in [0.717, 1.165) is 18.7 Å². The van der Waals surface area contributed by atoms with Gasteiger partial charge in [-0.1, -0.05) is 11.8 Å². The highest BCUT2D eigenvalue weighted by Crippen LogP contribution is 2.39. The molecule has 1 aliphatic rings. The summed E-state index contributed by atoms with van der Waals surface area (Å²) >= 11 is 1.22. The number of aryl methyl sites for hydroxylation is 2. The van der Waals surface area contributed by atoms with Gasteiger partial charge in [0, 0.05) is 17.3 Å². The number of aromatic amines is 1. The highest BCUT2D eigenvalue weighted by atomic mass is 32.2. The third-order valence-corrected chi connectivity index (χ3v) is 5.04. The first-order valence-electron chi connectivity index (χ1n) is 8.16. The van der Waals surface area contributed by atoms with Crippen molar-refractivity contribution in [1.29, 1.82) is 0 Å². The third kappa shape index (κ3) is 3.41. The summed E-state index contributed by atoms with van der Waals surface area (Å²) in [4.78, 5) is 27.9. The van der Waals surface area contributed by atoms with Crippen molar-refractivity contribution >= 4 is 23.5 Å². The number of thioether (sulfide) groups is 1. The van der Waals surface area contributed by atoms with E-state index in [1.807, 2.05) is 0 Å². The number of Topliss-reactive ketones (excluding diaryl/α,β-unsaturated/α-hetero) is 1. The number of aromatic nitrogens is 4. The average molecular weight is 363 g/mol. The van der Waals surface area contributed by atoms with Gasteiger partial charge < -0.3 is 15.6 Å². The van der Waals surface area contributed by atoms with E-state index in [9.17, 15) is 9.59 Å². The second-order valence-corrected chi connectivity index (χ2v) is 6.98. The van der Waals surface area contributed by atoms with Crippen LogP contribution in [0.4, 0.5) is 0 Å². The zero-order valence-electron chi connectivity index (χ0n) is 14.5. The monoisotopic (exact) mass is 363 g/mol. The number of nitrogens with zero attached hydrogens (tertiary/aromatic N) is 3. The molecule has 2 heterocycles. The second-order valence-electron chi connectivity index (χ2n) is 6.04. The van der Waals surface area contributed by atoms with Gasteiger partial charge in [-0.3, -0.25) is 4.79 Å². The number of ketones is 1. The van der Waals surface area contributed by atoms with Gasteiger partial charge in [-0.15, -0.1) is 10.2 Å². The molecule has 3 N–H and O–H groups in total. The lowest BCUT2D eigenvalue weighted by atomic mass is 10.1. The average Bonchev–Trinajstić information content (AvgIpc) is 3.26. The van der Waals surface area contributed by atoms with Crippen molar-refractivity contribution in [1.82, 2.24) is 19.9 Å². The number of H-pyrrole nitrogens is 1. The van der Waals surface area contributed by atoms with Crippen molar-refractivity contribution in [3.05, 3.63) is 28.3 Å². The number of nitrogens with two attached hydrogens (primary N) is 1. The van der Waals surface area contributed by atoms with E-state index in [4.69, 9.17) is 10.6 Å². The summed E-state index contributed by atoms with van der Waals surface area (Å²) in [6, 6.07) is 0. The second kappa shape index (κ2) is 6.91. The quantitative estimate of drug-likeness (QED) is 0.334. The molecule has 1 aliphatic carbocycles. The van der Waals surface area contributed by atoms with Gasteiger partial charge >= 0.3 is 5.97 Å². The standard InChI is InChI=1S/C16H21N5O3S/c1-4-24-15(23)13-9(3)18-8(2)12(13)11(22)7-25-16-20-19-14(21(16)17)10-5-6-10/h10,18H,4-7,17H2,1-3H3. The van der Waals surface area contributed by atoms with E-state index in [-0.39, 0.29) is 18.1 Å². The molecule has 3 rings (SSSR count). The molecule has 134 valence electrons. The first-order chi connectivity index (χ1) is 11.9. The summed E-state index contributed by atoms with van der Waals surface area (Å²) in [6.45, 7) is 5.51. The first kappa shape index (κ1) is 17.5. The van der Waals surface area contributed by atoms with Crippen LogP contribution in [-0.2, 0) is 4.74 Å². The molecule has 1 saturated carbocycles. The van der Waals surface area contributed by atoms with Crippen LogP contribution in [0.1, 0.15) is 63.6 Å². The van der Waals surface area contributed by atoms with Crippen molar-refractivity contribution in [2.24, 2.45) is 0 Å². The summed E-state index contributed by atoms with van der Waals surface area (Å²) in [6.07, 6.45) is 2.15. The van der Waals surface area contributed by atoms with Crippen LogP contribution in [0.2, 0.25) is 0 Å². The Balaban J connectivity index is 1.76. The molecular weight excluding hydrogens is 342 g/mol. The maximum Gasteiger partial charge on any atom is 0.340 e. The normalized spacial score (nSPS) is 13.9. The van der Waals surface area contributed by atoms with Crippen LogP contribution in [0.5, 0.6) is 0 Å². The maximum atomic E-state index is 12.7. The Hall–Kier alpha value is -2.29.